The third kappa shape index (κ3) is 2.52. The molecular weight excluding hydrogens is 376 g/mol. The van der Waals surface area contributed by atoms with Crippen LogP contribution in [0.5, 0.6) is 11.5 Å². The van der Waals surface area contributed by atoms with Gasteiger partial charge < -0.3 is 14.0 Å². The van der Waals surface area contributed by atoms with Gasteiger partial charge in [-0.25, -0.2) is 0 Å². The van der Waals surface area contributed by atoms with Crippen molar-refractivity contribution in [2.24, 2.45) is 7.05 Å². The summed E-state index contributed by atoms with van der Waals surface area (Å²) < 4.78 is 13.1. The average molecular weight is 398 g/mol. The number of para-hydroxylation sites is 2. The number of methoxy groups -OCH3 is 2. The summed E-state index contributed by atoms with van der Waals surface area (Å²) in [5, 5.41) is 1.07. The van der Waals surface area contributed by atoms with Crippen molar-refractivity contribution in [3.8, 4) is 11.5 Å². The third-order valence-electron chi connectivity index (χ3n) is 5.86. The lowest BCUT2D eigenvalue weighted by Gasteiger charge is -2.28. The van der Waals surface area contributed by atoms with Crippen LogP contribution < -0.4 is 14.4 Å². The summed E-state index contributed by atoms with van der Waals surface area (Å²) in [5.74, 6) is 1.43. The van der Waals surface area contributed by atoms with E-state index in [0.29, 0.717) is 11.4 Å². The zero-order valence-electron chi connectivity index (χ0n) is 17.1. The Morgan fingerprint density at radius 3 is 2.43 bits per heavy atom. The number of fused-ring (bicyclic) bond motifs is 3. The quantitative estimate of drug-likeness (QED) is 0.489. The van der Waals surface area contributed by atoms with Gasteiger partial charge in [0, 0.05) is 40.8 Å². The van der Waals surface area contributed by atoms with Crippen LogP contribution in [0.3, 0.4) is 0 Å². The summed E-state index contributed by atoms with van der Waals surface area (Å²) in [6.07, 6.45) is 0. The molecule has 1 aliphatic heterocycles. The standard InChI is InChI=1S/C25H22N2O3/c1-26-20-13-6-4-11-18(20)22-23(19-12-5-7-14-21(19)30-3)27(25(28)24(22)26)16-9-8-10-17(15-16)29-2/h4-15,23H,1-3H3/t23-/m0/s1. The number of anilines is 1. The van der Waals surface area contributed by atoms with Crippen LogP contribution in [0.1, 0.15) is 27.7 Å². The van der Waals surface area contributed by atoms with Gasteiger partial charge in [0.25, 0.3) is 5.91 Å². The molecule has 30 heavy (non-hydrogen) atoms. The molecular formula is C25H22N2O3. The van der Waals surface area contributed by atoms with Crippen molar-refractivity contribution < 1.29 is 14.3 Å². The molecule has 1 atom stereocenters. The lowest BCUT2D eigenvalue weighted by atomic mass is 9.96. The average Bonchev–Trinajstić information content (AvgIpc) is 3.26. The molecule has 0 bridgehead atoms. The number of hydrogen-bond donors (Lipinski definition) is 0. The van der Waals surface area contributed by atoms with Crippen LogP contribution in [0.4, 0.5) is 5.69 Å². The van der Waals surface area contributed by atoms with Crippen LogP contribution in [0, 0.1) is 0 Å². The number of benzene rings is 3. The van der Waals surface area contributed by atoms with Gasteiger partial charge in [-0.1, -0.05) is 42.5 Å². The number of aromatic nitrogens is 1. The summed E-state index contributed by atoms with van der Waals surface area (Å²) >= 11 is 0. The topological polar surface area (TPSA) is 43.7 Å². The van der Waals surface area contributed by atoms with Crippen molar-refractivity contribution in [1.82, 2.24) is 4.57 Å². The van der Waals surface area contributed by atoms with Crippen molar-refractivity contribution in [2.75, 3.05) is 19.1 Å². The van der Waals surface area contributed by atoms with Gasteiger partial charge in [0.15, 0.2) is 0 Å². The van der Waals surface area contributed by atoms with Crippen LogP contribution in [0.25, 0.3) is 10.9 Å². The number of aryl methyl sites for hydroxylation is 1. The van der Waals surface area contributed by atoms with Gasteiger partial charge in [0.1, 0.15) is 17.2 Å². The largest absolute Gasteiger partial charge is 0.497 e. The third-order valence-corrected chi connectivity index (χ3v) is 5.86. The normalized spacial score (nSPS) is 15.5. The predicted octanol–water partition coefficient (Wildman–Crippen LogP) is 4.95. The highest BCUT2D eigenvalue weighted by Crippen LogP contribution is 2.48. The fourth-order valence-corrected chi connectivity index (χ4v) is 4.53. The molecule has 5 rings (SSSR count). The van der Waals surface area contributed by atoms with Crippen molar-refractivity contribution in [3.63, 3.8) is 0 Å². The van der Waals surface area contributed by atoms with E-state index in [1.165, 1.54) is 0 Å². The highest BCUT2D eigenvalue weighted by Gasteiger charge is 2.44. The Hall–Kier alpha value is -3.73. The van der Waals surface area contributed by atoms with E-state index in [2.05, 4.69) is 12.1 Å². The Labute approximate surface area is 175 Å². The van der Waals surface area contributed by atoms with E-state index < -0.39 is 0 Å². The SMILES string of the molecule is COc1cccc(N2C(=O)c3c(c4ccccc4n3C)[C@@H]2c2ccccc2OC)c1. The maximum Gasteiger partial charge on any atom is 0.276 e. The van der Waals surface area contributed by atoms with Gasteiger partial charge in [0.05, 0.1) is 20.3 Å². The fraction of sp³-hybridized carbons (Fsp3) is 0.160. The van der Waals surface area contributed by atoms with Gasteiger partial charge in [-0.05, 0) is 24.3 Å². The molecule has 0 spiro atoms. The number of rotatable bonds is 4. The van der Waals surface area contributed by atoms with E-state index in [0.717, 1.165) is 33.5 Å². The second-order valence-electron chi connectivity index (χ2n) is 7.36. The van der Waals surface area contributed by atoms with Gasteiger partial charge in [-0.15, -0.1) is 0 Å². The number of nitrogens with zero attached hydrogens (tertiary/aromatic N) is 2. The van der Waals surface area contributed by atoms with Gasteiger partial charge in [0.2, 0.25) is 0 Å². The van der Waals surface area contributed by atoms with E-state index >= 15 is 0 Å². The summed E-state index contributed by atoms with van der Waals surface area (Å²) in [7, 11) is 5.24. The molecule has 4 aromatic rings. The Morgan fingerprint density at radius 2 is 1.63 bits per heavy atom. The van der Waals surface area contributed by atoms with Crippen molar-refractivity contribution in [2.45, 2.75) is 6.04 Å². The zero-order chi connectivity index (χ0) is 20.8. The first-order chi connectivity index (χ1) is 14.7. The van der Waals surface area contributed by atoms with Gasteiger partial charge in [-0.3, -0.25) is 9.69 Å². The number of ether oxygens (including phenoxy) is 2. The monoisotopic (exact) mass is 398 g/mol. The molecule has 1 aromatic heterocycles. The van der Waals surface area contributed by atoms with Crippen molar-refractivity contribution in [3.05, 3.63) is 89.6 Å². The smallest absolute Gasteiger partial charge is 0.276 e. The molecule has 150 valence electrons. The molecule has 5 heteroatoms. The summed E-state index contributed by atoms with van der Waals surface area (Å²) in [5.41, 5.74) is 4.49. The van der Waals surface area contributed by atoms with E-state index in [1.54, 1.807) is 14.2 Å². The molecule has 0 saturated heterocycles. The predicted molar refractivity (Wildman–Crippen MR) is 118 cm³/mol. The molecule has 0 unspecified atom stereocenters. The number of carbonyl (C=O) groups is 1. The van der Waals surface area contributed by atoms with E-state index in [9.17, 15) is 4.79 Å². The lowest BCUT2D eigenvalue weighted by Crippen LogP contribution is -2.29. The molecule has 2 heterocycles. The van der Waals surface area contributed by atoms with E-state index in [4.69, 9.17) is 9.47 Å². The second kappa shape index (κ2) is 6.95. The number of carbonyl (C=O) groups excluding carboxylic acids is 1. The maximum atomic E-state index is 13.8. The Balaban J connectivity index is 1.82. The van der Waals surface area contributed by atoms with Crippen LogP contribution in [-0.2, 0) is 7.05 Å². The minimum absolute atomic E-state index is 0.0344. The molecule has 0 fully saturated rings. The zero-order valence-corrected chi connectivity index (χ0v) is 17.1. The molecule has 0 N–H and O–H groups in total. The van der Waals surface area contributed by atoms with Crippen molar-refractivity contribution in [1.29, 1.82) is 0 Å². The highest BCUT2D eigenvalue weighted by molar-refractivity contribution is 6.15. The van der Waals surface area contributed by atoms with Crippen LogP contribution >= 0.6 is 0 Å². The minimum atomic E-state index is -0.304. The molecule has 0 radical (unpaired) electrons. The lowest BCUT2D eigenvalue weighted by molar-refractivity contribution is 0.0986. The molecule has 0 aliphatic carbocycles. The Kier molecular flexibility index (Phi) is 4.24. The van der Waals surface area contributed by atoms with Crippen molar-refractivity contribution >= 4 is 22.5 Å². The summed E-state index contributed by atoms with van der Waals surface area (Å²) in [6, 6.07) is 23.4. The molecule has 3 aromatic carbocycles. The molecule has 5 nitrogen and oxygen atoms in total. The summed E-state index contributed by atoms with van der Waals surface area (Å²) in [6.45, 7) is 0. The van der Waals surface area contributed by atoms with Crippen LogP contribution in [0.2, 0.25) is 0 Å². The fourth-order valence-electron chi connectivity index (χ4n) is 4.53. The number of hydrogen-bond acceptors (Lipinski definition) is 3. The molecule has 1 aliphatic rings. The minimum Gasteiger partial charge on any atom is -0.497 e. The molecule has 1 amide bonds. The maximum absolute atomic E-state index is 13.8. The second-order valence-corrected chi connectivity index (χ2v) is 7.36. The summed E-state index contributed by atoms with van der Waals surface area (Å²) in [4.78, 5) is 15.6. The van der Waals surface area contributed by atoms with Crippen LogP contribution in [-0.4, -0.2) is 24.7 Å². The van der Waals surface area contributed by atoms with Crippen LogP contribution in [0.15, 0.2) is 72.8 Å². The highest BCUT2D eigenvalue weighted by atomic mass is 16.5. The van der Waals surface area contributed by atoms with Gasteiger partial charge in [-0.2, -0.15) is 0 Å². The van der Waals surface area contributed by atoms with Gasteiger partial charge >= 0.3 is 0 Å². The Morgan fingerprint density at radius 1 is 0.867 bits per heavy atom. The van der Waals surface area contributed by atoms with E-state index in [1.807, 2.05) is 77.2 Å². The molecule has 0 saturated carbocycles. The Bertz CT molecular complexity index is 1270. The first kappa shape index (κ1) is 18.3. The first-order valence-corrected chi connectivity index (χ1v) is 9.83. The number of amides is 1. The first-order valence-electron chi connectivity index (χ1n) is 9.83. The van der Waals surface area contributed by atoms with E-state index in [-0.39, 0.29) is 11.9 Å².